The molecule has 228 valence electrons. The van der Waals surface area contributed by atoms with Crippen LogP contribution in [0.5, 0.6) is 0 Å². The van der Waals surface area contributed by atoms with Crippen molar-refractivity contribution in [2.45, 2.75) is 105 Å². The smallest absolute Gasteiger partial charge is 0.224 e. The number of nitrogens with one attached hydrogen (secondary N) is 1. The lowest BCUT2D eigenvalue weighted by atomic mass is 9.35. The summed E-state index contributed by atoms with van der Waals surface area (Å²) in [6, 6.07) is 12.1. The number of hydrogen-bond donors (Lipinski definition) is 1. The zero-order chi connectivity index (χ0) is 31.2. The molecule has 5 heteroatoms. The van der Waals surface area contributed by atoms with Crippen molar-refractivity contribution in [1.82, 2.24) is 5.32 Å². The summed E-state index contributed by atoms with van der Waals surface area (Å²) >= 11 is 0. The van der Waals surface area contributed by atoms with E-state index in [0.717, 1.165) is 56.1 Å². The second-order valence-corrected chi connectivity index (χ2v) is 16.6. The highest BCUT2D eigenvalue weighted by molar-refractivity contribution is 6.04. The normalized spacial score (nSPS) is 40.8. The molecule has 6 rings (SSSR count). The van der Waals surface area contributed by atoms with E-state index in [1.54, 1.807) is 0 Å². The molecule has 1 amide bonds. The Morgan fingerprint density at radius 1 is 0.953 bits per heavy atom. The summed E-state index contributed by atoms with van der Waals surface area (Å²) in [5, 5.41) is 13.5. The Kier molecular flexibility index (Phi) is 6.64. The molecule has 0 spiro atoms. The lowest BCUT2D eigenvalue weighted by Gasteiger charge is -2.69. The van der Waals surface area contributed by atoms with Crippen molar-refractivity contribution in [2.24, 2.45) is 44.8 Å². The number of nitriles is 1. The highest BCUT2D eigenvalue weighted by Gasteiger charge is 2.70. The first-order chi connectivity index (χ1) is 20.0. The van der Waals surface area contributed by atoms with Crippen LogP contribution in [0.25, 0.3) is 0 Å². The van der Waals surface area contributed by atoms with Crippen molar-refractivity contribution in [3.05, 3.63) is 59.2 Å². The fourth-order valence-electron chi connectivity index (χ4n) is 11.0. The fraction of sp³-hybridized carbons (Fsp3) is 0.632. The van der Waals surface area contributed by atoms with Crippen molar-refractivity contribution in [2.75, 3.05) is 0 Å². The molecule has 7 unspecified atom stereocenters. The molecule has 1 aromatic carbocycles. The fourth-order valence-corrected chi connectivity index (χ4v) is 11.0. The molecule has 5 aliphatic carbocycles. The minimum atomic E-state index is -0.671. The van der Waals surface area contributed by atoms with Crippen molar-refractivity contribution in [1.29, 1.82) is 5.26 Å². The molecule has 3 fully saturated rings. The van der Waals surface area contributed by atoms with Crippen molar-refractivity contribution < 1.29 is 14.4 Å². The maximum absolute atomic E-state index is 14.7. The van der Waals surface area contributed by atoms with E-state index in [1.165, 1.54) is 0 Å². The number of rotatable bonds is 3. The largest absolute Gasteiger partial charge is 0.350 e. The van der Waals surface area contributed by atoms with Crippen LogP contribution in [0.1, 0.15) is 99.0 Å². The van der Waals surface area contributed by atoms with Gasteiger partial charge in [-0.2, -0.15) is 5.26 Å². The Hall–Kier alpha value is -3.00. The summed E-state index contributed by atoms with van der Waals surface area (Å²) in [6.45, 7) is 15.5. The third kappa shape index (κ3) is 4.18. The maximum atomic E-state index is 14.7. The summed E-state index contributed by atoms with van der Waals surface area (Å²) in [7, 11) is 0. The van der Waals surface area contributed by atoms with Crippen LogP contribution in [0.2, 0.25) is 0 Å². The summed E-state index contributed by atoms with van der Waals surface area (Å²) in [5.41, 5.74) is 0.282. The van der Waals surface area contributed by atoms with Gasteiger partial charge in [0.2, 0.25) is 5.91 Å². The van der Waals surface area contributed by atoms with E-state index in [9.17, 15) is 19.6 Å². The number of amides is 1. The average molecular weight is 581 g/mol. The Morgan fingerprint density at radius 2 is 1.63 bits per heavy atom. The second-order valence-electron chi connectivity index (χ2n) is 16.6. The molecule has 5 aliphatic rings. The molecular weight excluding hydrogens is 532 g/mol. The molecule has 0 aliphatic heterocycles. The van der Waals surface area contributed by atoms with Crippen molar-refractivity contribution in [3.8, 4) is 6.07 Å². The van der Waals surface area contributed by atoms with Crippen LogP contribution in [0, 0.1) is 56.2 Å². The highest BCUT2D eigenvalue weighted by Crippen LogP contribution is 2.73. The summed E-state index contributed by atoms with van der Waals surface area (Å²) in [4.78, 5) is 41.6. The van der Waals surface area contributed by atoms with Gasteiger partial charge in [0.15, 0.2) is 11.6 Å². The van der Waals surface area contributed by atoms with Crippen LogP contribution < -0.4 is 5.32 Å². The molecule has 0 aromatic heterocycles. The SMILES string of the molecule is CC1(C)CCC2(NC(=O)Cc3ccccc3)CCC3(C)C(C(=O)C=C4C5(C)C=C(C#N)C(=O)C(C)(C)C5CCC43C)C2C1. The van der Waals surface area contributed by atoms with Crippen LogP contribution >= 0.6 is 0 Å². The Morgan fingerprint density at radius 3 is 2.30 bits per heavy atom. The zero-order valence-electron chi connectivity index (χ0n) is 27.1. The van der Waals surface area contributed by atoms with Crippen LogP contribution in [0.3, 0.4) is 0 Å². The Bertz CT molecular complexity index is 1490. The van der Waals surface area contributed by atoms with E-state index in [1.807, 2.05) is 56.3 Å². The topological polar surface area (TPSA) is 87.0 Å². The molecule has 1 aromatic rings. The zero-order valence-corrected chi connectivity index (χ0v) is 27.1. The van der Waals surface area contributed by atoms with Gasteiger partial charge in [0, 0.05) is 22.3 Å². The molecule has 0 heterocycles. The first kappa shape index (κ1) is 30.0. The molecule has 0 bridgehead atoms. The molecule has 43 heavy (non-hydrogen) atoms. The Balaban J connectivity index is 1.43. The van der Waals surface area contributed by atoms with Gasteiger partial charge in [-0.15, -0.1) is 0 Å². The van der Waals surface area contributed by atoms with E-state index in [2.05, 4.69) is 46.0 Å². The average Bonchev–Trinajstić information content (AvgIpc) is 2.93. The molecule has 1 N–H and O–H groups in total. The van der Waals surface area contributed by atoms with Gasteiger partial charge in [0.25, 0.3) is 0 Å². The van der Waals surface area contributed by atoms with Crippen LogP contribution in [-0.2, 0) is 20.8 Å². The predicted octanol–water partition coefficient (Wildman–Crippen LogP) is 7.32. The number of Topliss-reactive ketones (excluding diaryl/α,β-unsaturated/α-hetero) is 1. The third-order valence-electron chi connectivity index (χ3n) is 13.5. The molecule has 3 saturated carbocycles. The highest BCUT2D eigenvalue weighted by atomic mass is 16.2. The molecule has 0 radical (unpaired) electrons. The van der Waals surface area contributed by atoms with Gasteiger partial charge in [-0.05, 0) is 84.7 Å². The number of carbonyl (C=O) groups is 3. The lowest BCUT2D eigenvalue weighted by Crippen LogP contribution is -2.69. The van der Waals surface area contributed by atoms with Gasteiger partial charge in [-0.3, -0.25) is 14.4 Å². The van der Waals surface area contributed by atoms with Gasteiger partial charge in [0.05, 0.1) is 12.0 Å². The number of nitrogens with zero attached hydrogens (tertiary/aromatic N) is 1. The van der Waals surface area contributed by atoms with E-state index in [4.69, 9.17) is 0 Å². The van der Waals surface area contributed by atoms with Crippen LogP contribution in [-0.4, -0.2) is 23.0 Å². The number of benzene rings is 1. The molecular formula is C38H48N2O3. The quantitative estimate of drug-likeness (QED) is 0.406. The third-order valence-corrected chi connectivity index (χ3v) is 13.5. The van der Waals surface area contributed by atoms with E-state index in [0.29, 0.717) is 6.42 Å². The standard InChI is InChI=1S/C38H48N2O3/c1-33(2)15-17-38(40-30(42)19-24-11-9-8-10-12-24)18-16-37(7)31(26(38)22-33)27(41)20-29-35(5)21-25(23-39)32(43)34(3,4)28(35)13-14-36(29,37)6/h8-12,20-21,26,28,31H,13-19,22H2,1-7H3,(H,40,42). The van der Waals surface area contributed by atoms with E-state index < -0.39 is 16.4 Å². The Labute approximate surface area is 257 Å². The second kappa shape index (κ2) is 9.50. The minimum absolute atomic E-state index is 0.0328. The number of carbonyl (C=O) groups excluding carboxylic acids is 3. The van der Waals surface area contributed by atoms with Gasteiger partial charge in [-0.25, -0.2) is 0 Å². The van der Waals surface area contributed by atoms with E-state index >= 15 is 0 Å². The number of fused-ring (bicyclic) bond motifs is 7. The molecule has 0 saturated heterocycles. The lowest BCUT2D eigenvalue weighted by molar-refractivity contribution is -0.164. The van der Waals surface area contributed by atoms with E-state index in [-0.39, 0.29) is 57.0 Å². The summed E-state index contributed by atoms with van der Waals surface area (Å²) in [6.07, 6.45) is 10.5. The van der Waals surface area contributed by atoms with Crippen LogP contribution in [0.4, 0.5) is 0 Å². The minimum Gasteiger partial charge on any atom is -0.350 e. The van der Waals surface area contributed by atoms with Gasteiger partial charge >= 0.3 is 0 Å². The number of hydrogen-bond acceptors (Lipinski definition) is 4. The van der Waals surface area contributed by atoms with Crippen molar-refractivity contribution in [3.63, 3.8) is 0 Å². The monoisotopic (exact) mass is 580 g/mol. The molecule has 7 atom stereocenters. The first-order valence-corrected chi connectivity index (χ1v) is 16.3. The van der Waals surface area contributed by atoms with Gasteiger partial charge in [-0.1, -0.05) is 90.4 Å². The first-order valence-electron chi connectivity index (χ1n) is 16.3. The maximum Gasteiger partial charge on any atom is 0.224 e. The summed E-state index contributed by atoms with van der Waals surface area (Å²) < 4.78 is 0. The van der Waals surface area contributed by atoms with Crippen LogP contribution in [0.15, 0.2) is 53.6 Å². The summed E-state index contributed by atoms with van der Waals surface area (Å²) in [5.74, 6) is 0.0295. The molecule has 5 nitrogen and oxygen atoms in total. The van der Waals surface area contributed by atoms with Gasteiger partial charge in [0.1, 0.15) is 6.07 Å². The van der Waals surface area contributed by atoms with Gasteiger partial charge < -0.3 is 5.32 Å². The van der Waals surface area contributed by atoms with Crippen molar-refractivity contribution >= 4 is 17.5 Å². The number of ketones is 2. The number of allylic oxidation sites excluding steroid dienone is 4. The predicted molar refractivity (Wildman–Crippen MR) is 167 cm³/mol.